The Morgan fingerprint density at radius 2 is 1.72 bits per heavy atom. The zero-order valence-corrected chi connectivity index (χ0v) is 19.8. The number of ether oxygens (including phenoxy) is 2. The monoisotopic (exact) mass is 450 g/mol. The van der Waals surface area contributed by atoms with Crippen LogP contribution in [0.4, 0.5) is 0 Å². The minimum absolute atomic E-state index is 0.0383. The lowest BCUT2D eigenvalue weighted by molar-refractivity contribution is -0.205. The maximum Gasteiger partial charge on any atom is 0.303 e. The van der Waals surface area contributed by atoms with Crippen molar-refractivity contribution in [1.29, 1.82) is 0 Å². The molecule has 7 heteroatoms. The summed E-state index contributed by atoms with van der Waals surface area (Å²) >= 11 is 0. The molecule has 4 saturated carbocycles. The van der Waals surface area contributed by atoms with Crippen molar-refractivity contribution in [2.24, 2.45) is 34.5 Å². The summed E-state index contributed by atoms with van der Waals surface area (Å²) in [5.74, 6) is -0.331. The van der Waals surface area contributed by atoms with Gasteiger partial charge < -0.3 is 19.7 Å². The number of carbonyl (C=O) groups excluding carboxylic acids is 3. The molecule has 0 aliphatic heterocycles. The average molecular weight is 451 g/mol. The standard InChI is InChI=1S/C25H38O7/c1-14(26)31-13-21(29)25(30)10-8-19-18-6-5-16-11-17(32-15(2)27)7-9-23(16,3)22(18)20(28)12-24(19,25)4/h16-20,22,28,30H,5-13H2,1-4H3/t16-,17-,18?,19?,20+,22?,23+,24+,25+/m1/s1. The number of carbonyl (C=O) groups is 3. The van der Waals surface area contributed by atoms with Crippen LogP contribution >= 0.6 is 0 Å². The van der Waals surface area contributed by atoms with Gasteiger partial charge in [0.15, 0.2) is 6.61 Å². The van der Waals surface area contributed by atoms with Gasteiger partial charge in [-0.1, -0.05) is 13.8 Å². The first kappa shape index (κ1) is 23.7. The zero-order valence-electron chi connectivity index (χ0n) is 19.8. The molecule has 4 aliphatic carbocycles. The number of aliphatic hydroxyl groups is 2. The maximum absolute atomic E-state index is 13.0. The minimum Gasteiger partial charge on any atom is -0.463 e. The van der Waals surface area contributed by atoms with Gasteiger partial charge in [0.1, 0.15) is 11.7 Å². The summed E-state index contributed by atoms with van der Waals surface area (Å²) in [5, 5.41) is 23.0. The van der Waals surface area contributed by atoms with E-state index in [4.69, 9.17) is 9.47 Å². The van der Waals surface area contributed by atoms with E-state index in [1.807, 2.05) is 6.92 Å². The fourth-order valence-electron chi connectivity index (χ4n) is 8.44. The fourth-order valence-corrected chi connectivity index (χ4v) is 8.44. The second-order valence-corrected chi connectivity index (χ2v) is 11.4. The zero-order chi connectivity index (χ0) is 23.5. The first-order valence-electron chi connectivity index (χ1n) is 12.2. The van der Waals surface area contributed by atoms with Crippen molar-refractivity contribution >= 4 is 17.7 Å². The number of hydrogen-bond acceptors (Lipinski definition) is 7. The molecule has 3 unspecified atom stereocenters. The van der Waals surface area contributed by atoms with E-state index in [1.165, 1.54) is 13.8 Å². The largest absolute Gasteiger partial charge is 0.463 e. The molecule has 4 rings (SSSR count). The van der Waals surface area contributed by atoms with Crippen LogP contribution in [0.25, 0.3) is 0 Å². The van der Waals surface area contributed by atoms with Crippen LogP contribution in [0.15, 0.2) is 0 Å². The highest BCUT2D eigenvalue weighted by molar-refractivity contribution is 5.91. The van der Waals surface area contributed by atoms with Crippen LogP contribution in [-0.4, -0.2) is 52.4 Å². The van der Waals surface area contributed by atoms with Gasteiger partial charge in [-0.2, -0.15) is 0 Å². The van der Waals surface area contributed by atoms with Gasteiger partial charge in [0.2, 0.25) is 5.78 Å². The van der Waals surface area contributed by atoms with Gasteiger partial charge in [0.25, 0.3) is 0 Å². The van der Waals surface area contributed by atoms with Crippen LogP contribution in [0.1, 0.15) is 79.1 Å². The third-order valence-electron chi connectivity index (χ3n) is 9.90. The van der Waals surface area contributed by atoms with E-state index in [2.05, 4.69) is 6.92 Å². The van der Waals surface area contributed by atoms with Crippen LogP contribution < -0.4 is 0 Å². The summed E-state index contributed by atoms with van der Waals surface area (Å²) in [6.07, 6.45) is 5.34. The molecular formula is C25H38O7. The Balaban J connectivity index is 1.57. The summed E-state index contributed by atoms with van der Waals surface area (Å²) in [5.41, 5.74) is -2.35. The predicted octanol–water partition coefficient (Wildman–Crippen LogP) is 2.79. The van der Waals surface area contributed by atoms with Gasteiger partial charge in [0, 0.05) is 19.3 Å². The van der Waals surface area contributed by atoms with E-state index in [9.17, 15) is 24.6 Å². The maximum atomic E-state index is 13.0. The van der Waals surface area contributed by atoms with Crippen LogP contribution in [-0.2, 0) is 23.9 Å². The summed E-state index contributed by atoms with van der Waals surface area (Å²) in [4.78, 5) is 35.6. The van der Waals surface area contributed by atoms with E-state index in [0.29, 0.717) is 18.8 Å². The first-order valence-corrected chi connectivity index (χ1v) is 12.2. The van der Waals surface area contributed by atoms with E-state index < -0.39 is 35.5 Å². The molecule has 0 radical (unpaired) electrons. The van der Waals surface area contributed by atoms with Gasteiger partial charge in [0.05, 0.1) is 6.10 Å². The lowest BCUT2D eigenvalue weighted by Gasteiger charge is -2.62. The quantitative estimate of drug-likeness (QED) is 0.634. The summed E-state index contributed by atoms with van der Waals surface area (Å²) in [6, 6.07) is 0. The predicted molar refractivity (Wildman–Crippen MR) is 115 cm³/mol. The Hall–Kier alpha value is -1.47. The highest BCUT2D eigenvalue weighted by Gasteiger charge is 2.68. The topological polar surface area (TPSA) is 110 Å². The summed E-state index contributed by atoms with van der Waals surface area (Å²) in [6.45, 7) is 6.52. The van der Waals surface area contributed by atoms with Crippen LogP contribution in [0.3, 0.4) is 0 Å². The number of esters is 2. The molecule has 4 fully saturated rings. The number of aliphatic hydroxyl groups excluding tert-OH is 1. The van der Waals surface area contributed by atoms with Crippen LogP contribution in [0, 0.1) is 34.5 Å². The summed E-state index contributed by atoms with van der Waals surface area (Å²) in [7, 11) is 0. The second-order valence-electron chi connectivity index (χ2n) is 11.4. The smallest absolute Gasteiger partial charge is 0.303 e. The normalized spacial score (nSPS) is 47.6. The lowest BCUT2D eigenvalue weighted by Crippen LogP contribution is -2.63. The van der Waals surface area contributed by atoms with Crippen molar-refractivity contribution in [2.75, 3.05) is 6.61 Å². The number of ketones is 1. The average Bonchev–Trinajstić information content (AvgIpc) is 2.97. The van der Waals surface area contributed by atoms with Gasteiger partial charge in [-0.3, -0.25) is 14.4 Å². The van der Waals surface area contributed by atoms with Gasteiger partial charge in [-0.25, -0.2) is 0 Å². The fraction of sp³-hybridized carbons (Fsp3) is 0.880. The number of rotatable bonds is 4. The molecule has 0 spiro atoms. The van der Waals surface area contributed by atoms with Gasteiger partial charge in [-0.15, -0.1) is 0 Å². The second kappa shape index (κ2) is 8.08. The number of fused-ring (bicyclic) bond motifs is 5. The van der Waals surface area contributed by atoms with E-state index in [0.717, 1.165) is 38.5 Å². The molecule has 2 N–H and O–H groups in total. The molecule has 180 valence electrons. The van der Waals surface area contributed by atoms with Crippen molar-refractivity contribution in [3.05, 3.63) is 0 Å². The number of hydrogen-bond donors (Lipinski definition) is 2. The van der Waals surface area contributed by atoms with Crippen molar-refractivity contribution in [1.82, 2.24) is 0 Å². The lowest BCUT2D eigenvalue weighted by atomic mass is 9.43. The van der Waals surface area contributed by atoms with Crippen LogP contribution in [0.5, 0.6) is 0 Å². The van der Waals surface area contributed by atoms with E-state index in [-0.39, 0.29) is 35.2 Å². The highest BCUT2D eigenvalue weighted by Crippen LogP contribution is 2.68. The SMILES string of the molecule is CC(=O)OCC(=O)[C@@]1(O)CCC2C3CC[C@@H]4C[C@H](OC(C)=O)CC[C@]4(C)C3[C@@H](O)C[C@@]21C. The Morgan fingerprint density at radius 3 is 2.38 bits per heavy atom. The molecule has 0 heterocycles. The van der Waals surface area contributed by atoms with E-state index in [1.54, 1.807) is 0 Å². The molecule has 0 aromatic heterocycles. The van der Waals surface area contributed by atoms with Crippen molar-refractivity contribution in [3.63, 3.8) is 0 Å². The minimum atomic E-state index is -1.58. The molecule has 0 aromatic carbocycles. The van der Waals surface area contributed by atoms with Crippen molar-refractivity contribution in [3.8, 4) is 0 Å². The molecule has 0 amide bonds. The third kappa shape index (κ3) is 3.51. The third-order valence-corrected chi connectivity index (χ3v) is 9.90. The molecule has 7 nitrogen and oxygen atoms in total. The molecule has 0 saturated heterocycles. The molecule has 4 aliphatic rings. The Morgan fingerprint density at radius 1 is 1.00 bits per heavy atom. The Labute approximate surface area is 190 Å². The van der Waals surface area contributed by atoms with Crippen LogP contribution in [0.2, 0.25) is 0 Å². The van der Waals surface area contributed by atoms with Crippen molar-refractivity contribution < 1.29 is 34.1 Å². The summed E-state index contributed by atoms with van der Waals surface area (Å²) < 4.78 is 10.4. The molecule has 0 aromatic rings. The van der Waals surface area contributed by atoms with E-state index >= 15 is 0 Å². The Bertz CT molecular complexity index is 795. The molecule has 9 atom stereocenters. The number of Topliss-reactive ketones (excluding diaryl/α,β-unsaturated/α-hetero) is 1. The van der Waals surface area contributed by atoms with Gasteiger partial charge >= 0.3 is 11.9 Å². The molecular weight excluding hydrogens is 412 g/mol. The van der Waals surface area contributed by atoms with Gasteiger partial charge in [-0.05, 0) is 80.5 Å². The highest BCUT2D eigenvalue weighted by atomic mass is 16.5. The molecule has 0 bridgehead atoms. The molecule has 32 heavy (non-hydrogen) atoms. The first-order chi connectivity index (χ1) is 14.9. The van der Waals surface area contributed by atoms with Crippen molar-refractivity contribution in [2.45, 2.75) is 96.9 Å². The Kier molecular flexibility index (Phi) is 5.98.